The maximum atomic E-state index is 11.4. The van der Waals surface area contributed by atoms with E-state index in [1.807, 2.05) is 6.08 Å². The Morgan fingerprint density at radius 1 is 1.28 bits per heavy atom. The number of nitrogens with two attached hydrogens (primary N) is 1. The lowest BCUT2D eigenvalue weighted by Gasteiger charge is -2.49. The molecule has 0 amide bonds. The fourth-order valence-corrected chi connectivity index (χ4v) is 4.77. The van der Waals surface area contributed by atoms with Gasteiger partial charge in [-0.05, 0) is 55.6 Å². The molecule has 4 atom stereocenters. The van der Waals surface area contributed by atoms with Crippen LogP contribution in [0.1, 0.15) is 50.5 Å². The number of hydrogen-bond acceptors (Lipinski definition) is 4. The third-order valence-electron chi connectivity index (χ3n) is 6.39. The first-order valence-electron chi connectivity index (χ1n) is 9.38. The van der Waals surface area contributed by atoms with Crippen LogP contribution in [-0.2, 0) is 4.84 Å². The van der Waals surface area contributed by atoms with Crippen LogP contribution in [0.15, 0.2) is 47.6 Å². The Morgan fingerprint density at radius 3 is 2.84 bits per heavy atom. The van der Waals surface area contributed by atoms with E-state index in [4.69, 9.17) is 10.6 Å². The Hall–Kier alpha value is -1.65. The number of aliphatic hydroxyl groups is 1. The van der Waals surface area contributed by atoms with Crippen LogP contribution >= 0.6 is 0 Å². The van der Waals surface area contributed by atoms with Crippen molar-refractivity contribution in [1.29, 1.82) is 0 Å². The lowest BCUT2D eigenvalue weighted by atomic mass is 9.59. The van der Waals surface area contributed by atoms with Crippen molar-refractivity contribution in [2.45, 2.75) is 50.5 Å². The quantitative estimate of drug-likeness (QED) is 0.471. The van der Waals surface area contributed by atoms with Crippen molar-refractivity contribution in [2.75, 3.05) is 13.2 Å². The maximum absolute atomic E-state index is 11.4. The zero-order chi connectivity index (χ0) is 17.8. The molecule has 4 heteroatoms. The van der Waals surface area contributed by atoms with E-state index in [1.54, 1.807) is 6.21 Å². The Balaban J connectivity index is 1.66. The summed E-state index contributed by atoms with van der Waals surface area (Å²) in [5.41, 5.74) is 6.09. The van der Waals surface area contributed by atoms with Gasteiger partial charge in [-0.2, -0.15) is 0 Å². The zero-order valence-corrected chi connectivity index (χ0v) is 15.1. The smallest absolute Gasteiger partial charge is 0.129 e. The molecule has 0 unspecified atom stereocenters. The zero-order valence-electron chi connectivity index (χ0n) is 15.1. The minimum Gasteiger partial charge on any atom is -0.394 e. The average Bonchev–Trinajstić information content (AvgIpc) is 2.89. The van der Waals surface area contributed by atoms with Crippen molar-refractivity contribution in [2.24, 2.45) is 22.2 Å². The average molecular weight is 342 g/mol. The third-order valence-corrected chi connectivity index (χ3v) is 6.39. The largest absolute Gasteiger partial charge is 0.394 e. The van der Waals surface area contributed by atoms with E-state index in [0.29, 0.717) is 25.0 Å². The molecule has 0 aromatic heterocycles. The first-order valence-corrected chi connectivity index (χ1v) is 9.38. The highest BCUT2D eigenvalue weighted by molar-refractivity contribution is 5.70. The Bertz CT molecular complexity index is 616. The van der Waals surface area contributed by atoms with Crippen LogP contribution in [0.25, 0.3) is 0 Å². The number of fused-ring (bicyclic) bond motifs is 1. The molecule has 4 nitrogen and oxygen atoms in total. The molecule has 0 heterocycles. The first kappa shape index (κ1) is 18.2. The minimum atomic E-state index is -0.575. The van der Waals surface area contributed by atoms with Gasteiger partial charge in [0.25, 0.3) is 0 Å². The third kappa shape index (κ3) is 3.65. The number of oxime groups is 1. The molecule has 2 saturated carbocycles. The molecule has 2 fully saturated rings. The van der Waals surface area contributed by atoms with E-state index in [9.17, 15) is 5.11 Å². The van der Waals surface area contributed by atoms with Gasteiger partial charge in [-0.25, -0.2) is 0 Å². The summed E-state index contributed by atoms with van der Waals surface area (Å²) in [7, 11) is 0. The lowest BCUT2D eigenvalue weighted by molar-refractivity contribution is -0.0984. The summed E-state index contributed by atoms with van der Waals surface area (Å²) in [5, 5.41) is 15.3. The van der Waals surface area contributed by atoms with Crippen molar-refractivity contribution in [3.63, 3.8) is 0 Å². The van der Waals surface area contributed by atoms with Crippen molar-refractivity contribution in [3.05, 3.63) is 48.0 Å². The summed E-state index contributed by atoms with van der Waals surface area (Å²) in [4.78, 5) is 5.01. The van der Waals surface area contributed by atoms with E-state index in [1.165, 1.54) is 5.56 Å². The molecule has 3 N–H and O–H groups in total. The second-order valence-electron chi connectivity index (χ2n) is 7.71. The second kappa shape index (κ2) is 7.71. The molecule has 0 saturated heterocycles. The Kier molecular flexibility index (Phi) is 5.60. The SMILES string of the molecule is C[C@]12CC[C@H](c3ccccc3)C[C@@]1(O)CC[C@@H]2C=CC=NOCCN. The summed E-state index contributed by atoms with van der Waals surface area (Å²) in [6.45, 7) is 3.17. The molecule has 0 bridgehead atoms. The molecule has 0 radical (unpaired) electrons. The van der Waals surface area contributed by atoms with Crippen molar-refractivity contribution in [1.82, 2.24) is 0 Å². The van der Waals surface area contributed by atoms with E-state index < -0.39 is 5.60 Å². The molecule has 2 aliphatic carbocycles. The minimum absolute atomic E-state index is 0.0548. The number of nitrogens with zero attached hydrogens (tertiary/aromatic N) is 1. The molecule has 1 aromatic rings. The van der Waals surface area contributed by atoms with Crippen LogP contribution in [-0.4, -0.2) is 30.1 Å². The van der Waals surface area contributed by atoms with Gasteiger partial charge in [0.2, 0.25) is 0 Å². The second-order valence-corrected chi connectivity index (χ2v) is 7.71. The van der Waals surface area contributed by atoms with Gasteiger partial charge in [0.15, 0.2) is 0 Å². The van der Waals surface area contributed by atoms with E-state index in [-0.39, 0.29) is 5.41 Å². The Labute approximate surface area is 150 Å². The van der Waals surface area contributed by atoms with Crippen LogP contribution in [0, 0.1) is 11.3 Å². The summed E-state index contributed by atoms with van der Waals surface area (Å²) >= 11 is 0. The van der Waals surface area contributed by atoms with Gasteiger partial charge in [0, 0.05) is 12.0 Å². The molecule has 0 spiro atoms. The maximum Gasteiger partial charge on any atom is 0.129 e. The van der Waals surface area contributed by atoms with E-state index in [0.717, 1.165) is 32.1 Å². The molecule has 2 aliphatic rings. The standard InChI is InChI=1S/C21H30N2O2/c1-20-11-9-18(17-6-3-2-4-7-17)16-21(20,24)12-10-19(20)8-5-14-23-25-15-13-22/h2-8,14,18-19,24H,9-13,15-16,22H2,1H3/t18-,19-,20+,21-/m0/s1. The van der Waals surface area contributed by atoms with Gasteiger partial charge in [0.05, 0.1) is 11.8 Å². The Morgan fingerprint density at radius 2 is 2.08 bits per heavy atom. The molecular weight excluding hydrogens is 312 g/mol. The van der Waals surface area contributed by atoms with Gasteiger partial charge in [0.1, 0.15) is 6.61 Å². The highest BCUT2D eigenvalue weighted by Crippen LogP contribution is 2.60. The van der Waals surface area contributed by atoms with Crippen LogP contribution < -0.4 is 5.73 Å². The van der Waals surface area contributed by atoms with Crippen LogP contribution in [0.3, 0.4) is 0 Å². The molecule has 25 heavy (non-hydrogen) atoms. The molecule has 0 aliphatic heterocycles. The predicted molar refractivity (Wildman–Crippen MR) is 101 cm³/mol. The predicted octanol–water partition coefficient (Wildman–Crippen LogP) is 3.62. The summed E-state index contributed by atoms with van der Waals surface area (Å²) in [5.74, 6) is 0.850. The van der Waals surface area contributed by atoms with Crippen molar-refractivity contribution in [3.8, 4) is 0 Å². The van der Waals surface area contributed by atoms with Gasteiger partial charge >= 0.3 is 0 Å². The lowest BCUT2D eigenvalue weighted by Crippen LogP contribution is -2.49. The van der Waals surface area contributed by atoms with Gasteiger partial charge in [-0.1, -0.05) is 48.5 Å². The summed E-state index contributed by atoms with van der Waals surface area (Å²) < 4.78 is 0. The van der Waals surface area contributed by atoms with Crippen LogP contribution in [0.4, 0.5) is 0 Å². The van der Waals surface area contributed by atoms with Crippen LogP contribution in [0.5, 0.6) is 0 Å². The van der Waals surface area contributed by atoms with Gasteiger partial charge in [-0.15, -0.1) is 0 Å². The van der Waals surface area contributed by atoms with E-state index in [2.05, 4.69) is 48.5 Å². The number of benzene rings is 1. The highest BCUT2D eigenvalue weighted by Gasteiger charge is 2.58. The molecule has 136 valence electrons. The first-order chi connectivity index (χ1) is 12.1. The monoisotopic (exact) mass is 342 g/mol. The molecule has 3 rings (SSSR count). The molecule has 1 aromatic carbocycles. The van der Waals surface area contributed by atoms with Crippen LogP contribution in [0.2, 0.25) is 0 Å². The van der Waals surface area contributed by atoms with Gasteiger partial charge in [-0.3, -0.25) is 0 Å². The van der Waals surface area contributed by atoms with E-state index >= 15 is 0 Å². The highest BCUT2D eigenvalue weighted by atomic mass is 16.6. The topological polar surface area (TPSA) is 67.8 Å². The fourth-order valence-electron chi connectivity index (χ4n) is 4.77. The number of hydrogen-bond donors (Lipinski definition) is 2. The molecular formula is C21H30N2O2. The van der Waals surface area contributed by atoms with Crippen molar-refractivity contribution < 1.29 is 9.94 Å². The van der Waals surface area contributed by atoms with Gasteiger partial charge < -0.3 is 15.7 Å². The van der Waals surface area contributed by atoms with Crippen molar-refractivity contribution >= 4 is 6.21 Å². The normalized spacial score (nSPS) is 35.3. The fraction of sp³-hybridized carbons (Fsp3) is 0.571. The summed E-state index contributed by atoms with van der Waals surface area (Å²) in [6, 6.07) is 10.6. The summed E-state index contributed by atoms with van der Waals surface area (Å²) in [6.07, 6.45) is 10.8. The number of allylic oxidation sites excluding steroid dienone is 2. The number of rotatable bonds is 6.